The van der Waals surface area contributed by atoms with E-state index in [1.54, 1.807) is 11.3 Å². The van der Waals surface area contributed by atoms with Gasteiger partial charge in [-0.3, -0.25) is 4.79 Å². The lowest BCUT2D eigenvalue weighted by molar-refractivity contribution is -0.907. The monoisotopic (exact) mass is 320 g/mol. The van der Waals surface area contributed by atoms with E-state index >= 15 is 0 Å². The summed E-state index contributed by atoms with van der Waals surface area (Å²) in [5, 5.41) is 13.1. The highest BCUT2D eigenvalue weighted by atomic mass is 32.1. The number of carbonyl (C=O) groups excluding carboxylic acids is 1. The fourth-order valence-electron chi connectivity index (χ4n) is 3.54. The van der Waals surface area contributed by atoms with Crippen LogP contribution >= 0.6 is 11.3 Å². The number of morpholine rings is 1. The molecule has 1 aromatic rings. The quantitative estimate of drug-likeness (QED) is 0.863. The predicted molar refractivity (Wildman–Crippen MR) is 85.3 cm³/mol. The smallest absolute Gasteiger partial charge is 0.280 e. The van der Waals surface area contributed by atoms with Crippen LogP contribution in [0, 0.1) is 11.3 Å². The molecule has 2 atom stereocenters. The number of ether oxygens (including phenoxy) is 1. The molecule has 1 amide bonds. The van der Waals surface area contributed by atoms with E-state index in [4.69, 9.17) is 4.74 Å². The summed E-state index contributed by atoms with van der Waals surface area (Å²) in [5.74, 6) is -0.00674. The second kappa shape index (κ2) is 6.37. The first kappa shape index (κ1) is 15.5. The molecule has 1 fully saturated rings. The van der Waals surface area contributed by atoms with E-state index in [-0.39, 0.29) is 18.1 Å². The minimum atomic E-state index is -0.00674. The van der Waals surface area contributed by atoms with E-state index in [0.717, 1.165) is 42.9 Å². The van der Waals surface area contributed by atoms with Gasteiger partial charge >= 0.3 is 0 Å². The van der Waals surface area contributed by atoms with Gasteiger partial charge in [-0.05, 0) is 38.7 Å². The number of nitriles is 1. The van der Waals surface area contributed by atoms with Gasteiger partial charge in [0.2, 0.25) is 0 Å². The molecule has 1 saturated heterocycles. The third kappa shape index (κ3) is 3.17. The molecule has 6 heteroatoms. The maximum atomic E-state index is 12.3. The molecular weight excluding hydrogens is 298 g/mol. The number of rotatable bonds is 3. The number of quaternary nitrogens is 1. The van der Waals surface area contributed by atoms with Crippen molar-refractivity contribution in [3.8, 4) is 6.07 Å². The average Bonchev–Trinajstić information content (AvgIpc) is 2.97. The molecule has 0 aromatic carbocycles. The van der Waals surface area contributed by atoms with E-state index in [1.165, 1.54) is 9.78 Å². The maximum absolute atomic E-state index is 12.3. The summed E-state index contributed by atoms with van der Waals surface area (Å²) >= 11 is 1.58. The van der Waals surface area contributed by atoms with Crippen LogP contribution in [0.15, 0.2) is 0 Å². The number of hydrogen-bond acceptors (Lipinski definition) is 4. The molecule has 3 rings (SSSR count). The average molecular weight is 320 g/mol. The summed E-state index contributed by atoms with van der Waals surface area (Å²) in [6.45, 7) is 6.23. The van der Waals surface area contributed by atoms with Crippen LogP contribution in [0.1, 0.15) is 36.3 Å². The number of amides is 1. The molecule has 1 aliphatic carbocycles. The number of hydrogen-bond donors (Lipinski definition) is 2. The molecule has 2 N–H and O–H groups in total. The Morgan fingerprint density at radius 2 is 2.14 bits per heavy atom. The van der Waals surface area contributed by atoms with E-state index in [2.05, 4.69) is 11.4 Å². The summed E-state index contributed by atoms with van der Waals surface area (Å²) < 4.78 is 5.70. The molecule has 1 aliphatic heterocycles. The zero-order chi connectivity index (χ0) is 15.7. The number of aryl methyl sites for hydroxylation is 1. The van der Waals surface area contributed by atoms with Gasteiger partial charge in [0.05, 0.1) is 5.56 Å². The van der Waals surface area contributed by atoms with Crippen molar-refractivity contribution in [1.29, 1.82) is 5.26 Å². The van der Waals surface area contributed by atoms with Gasteiger partial charge < -0.3 is 15.0 Å². The lowest BCUT2D eigenvalue weighted by Crippen LogP contribution is -3.16. The van der Waals surface area contributed by atoms with Gasteiger partial charge in [-0.25, -0.2) is 0 Å². The van der Waals surface area contributed by atoms with Gasteiger partial charge in [-0.1, -0.05) is 0 Å². The lowest BCUT2D eigenvalue weighted by Gasteiger charge is -2.31. The van der Waals surface area contributed by atoms with Crippen LogP contribution in [0.3, 0.4) is 0 Å². The first-order chi connectivity index (χ1) is 10.6. The Kier molecular flexibility index (Phi) is 4.48. The van der Waals surface area contributed by atoms with Crippen molar-refractivity contribution in [3.63, 3.8) is 0 Å². The zero-order valence-corrected chi connectivity index (χ0v) is 13.9. The summed E-state index contributed by atoms with van der Waals surface area (Å²) in [6.07, 6.45) is 3.50. The first-order valence-corrected chi connectivity index (χ1v) is 8.72. The molecule has 0 saturated carbocycles. The van der Waals surface area contributed by atoms with Gasteiger partial charge in [0, 0.05) is 4.88 Å². The molecule has 118 valence electrons. The minimum absolute atomic E-state index is 0.00674. The Labute approximate surface area is 134 Å². The van der Waals surface area contributed by atoms with Crippen molar-refractivity contribution < 1.29 is 14.4 Å². The molecular formula is C16H22N3O2S+. The normalized spacial score (nSPS) is 27.2. The summed E-state index contributed by atoms with van der Waals surface area (Å²) in [5.41, 5.74) is 1.84. The molecule has 22 heavy (non-hydrogen) atoms. The third-order valence-electron chi connectivity index (χ3n) is 4.31. The number of carbonyl (C=O) groups is 1. The molecule has 2 heterocycles. The third-order valence-corrected chi connectivity index (χ3v) is 5.52. The lowest BCUT2D eigenvalue weighted by atomic mass is 10.1. The topological polar surface area (TPSA) is 66.6 Å². The number of fused-ring (bicyclic) bond motifs is 1. The highest BCUT2D eigenvalue weighted by molar-refractivity contribution is 7.16. The second-order valence-corrected chi connectivity index (χ2v) is 7.42. The molecule has 1 aromatic heterocycles. The highest BCUT2D eigenvalue weighted by Gasteiger charge is 2.28. The molecule has 2 aliphatic rings. The highest BCUT2D eigenvalue weighted by Crippen LogP contribution is 2.38. The summed E-state index contributed by atoms with van der Waals surface area (Å²) in [6, 6.07) is 2.27. The van der Waals surface area contributed by atoms with Gasteiger partial charge in [0.25, 0.3) is 5.91 Å². The number of nitrogens with one attached hydrogen (secondary N) is 2. The van der Waals surface area contributed by atoms with Gasteiger partial charge in [0.15, 0.2) is 6.54 Å². The Hall–Kier alpha value is -1.42. The molecule has 0 unspecified atom stereocenters. The summed E-state index contributed by atoms with van der Waals surface area (Å²) in [7, 11) is 0. The van der Waals surface area contributed by atoms with Crippen LogP contribution in [-0.2, 0) is 22.4 Å². The first-order valence-electron chi connectivity index (χ1n) is 7.90. The van der Waals surface area contributed by atoms with Crippen LogP contribution in [0.4, 0.5) is 5.00 Å². The van der Waals surface area contributed by atoms with Crippen LogP contribution < -0.4 is 10.2 Å². The fraction of sp³-hybridized carbons (Fsp3) is 0.625. The van der Waals surface area contributed by atoms with Gasteiger partial charge in [-0.2, -0.15) is 5.26 Å². The van der Waals surface area contributed by atoms with Crippen molar-refractivity contribution in [2.45, 2.75) is 45.3 Å². The van der Waals surface area contributed by atoms with Gasteiger partial charge in [-0.15, -0.1) is 11.3 Å². The Morgan fingerprint density at radius 3 is 2.82 bits per heavy atom. The van der Waals surface area contributed by atoms with E-state index in [1.807, 2.05) is 13.8 Å². The standard InChI is InChI=1S/C16H21N3O2S/c1-10-7-19(8-11(2)21-10)9-15(20)18-16-13(6-17)12-4-3-5-14(12)22-16/h10-11H,3-5,7-9H2,1-2H3,(H,18,20)/p+1/t10-,11-/m1/s1. The number of anilines is 1. The molecule has 5 nitrogen and oxygen atoms in total. The molecule has 0 spiro atoms. The van der Waals surface area contributed by atoms with E-state index < -0.39 is 0 Å². The van der Waals surface area contributed by atoms with E-state index in [9.17, 15) is 10.1 Å². The predicted octanol–water partition coefficient (Wildman–Crippen LogP) is 0.739. The van der Waals surface area contributed by atoms with Crippen LogP contribution in [0.5, 0.6) is 0 Å². The van der Waals surface area contributed by atoms with E-state index in [0.29, 0.717) is 12.1 Å². The number of nitrogens with zero attached hydrogens (tertiary/aromatic N) is 1. The Bertz CT molecular complexity index is 610. The molecule has 0 radical (unpaired) electrons. The number of thiophene rings is 1. The van der Waals surface area contributed by atoms with Crippen molar-refractivity contribution >= 4 is 22.2 Å². The summed E-state index contributed by atoms with van der Waals surface area (Å²) in [4.78, 5) is 14.8. The van der Waals surface area contributed by atoms with Crippen LogP contribution in [0.25, 0.3) is 0 Å². The zero-order valence-electron chi connectivity index (χ0n) is 13.1. The van der Waals surface area contributed by atoms with Crippen LogP contribution in [0.2, 0.25) is 0 Å². The van der Waals surface area contributed by atoms with Crippen molar-refractivity contribution in [3.05, 3.63) is 16.0 Å². The van der Waals surface area contributed by atoms with Gasteiger partial charge in [0.1, 0.15) is 36.4 Å². The maximum Gasteiger partial charge on any atom is 0.280 e. The van der Waals surface area contributed by atoms with Crippen molar-refractivity contribution in [2.24, 2.45) is 0 Å². The second-order valence-electron chi connectivity index (χ2n) is 6.31. The fourth-order valence-corrected chi connectivity index (χ4v) is 4.80. The largest absolute Gasteiger partial charge is 0.364 e. The molecule has 0 bridgehead atoms. The minimum Gasteiger partial charge on any atom is -0.364 e. The Balaban J connectivity index is 1.64. The van der Waals surface area contributed by atoms with Crippen molar-refractivity contribution in [2.75, 3.05) is 25.0 Å². The SMILES string of the molecule is C[C@@H]1C[NH+](CC(=O)Nc2sc3c(c2C#N)CCC3)C[C@@H](C)O1. The Morgan fingerprint density at radius 1 is 1.41 bits per heavy atom. The van der Waals surface area contributed by atoms with Crippen molar-refractivity contribution in [1.82, 2.24) is 0 Å². The van der Waals surface area contributed by atoms with Crippen LogP contribution in [-0.4, -0.2) is 37.7 Å².